The van der Waals surface area contributed by atoms with E-state index >= 15 is 0 Å². The van der Waals surface area contributed by atoms with Gasteiger partial charge in [0.2, 0.25) is 0 Å². The Balaban J connectivity index is 1.71. The van der Waals surface area contributed by atoms with E-state index in [2.05, 4.69) is 10.6 Å². The summed E-state index contributed by atoms with van der Waals surface area (Å²) in [6, 6.07) is 15.1. The van der Waals surface area contributed by atoms with E-state index in [1.807, 2.05) is 42.5 Å². The zero-order chi connectivity index (χ0) is 15.4. The standard InChI is InChI=1S/C17H18N2O3/c1-21-10-11-22-13-8-6-12(7-9-13)16-18-15-5-3-2-4-14(15)17(20)19-16/h2-9,16,18H,10-11H2,1H3,(H,19,20). The number of fused-ring (bicyclic) bond motifs is 1. The van der Waals surface area contributed by atoms with Crippen molar-refractivity contribution >= 4 is 11.6 Å². The monoisotopic (exact) mass is 298 g/mol. The Morgan fingerprint density at radius 2 is 1.77 bits per heavy atom. The fourth-order valence-corrected chi connectivity index (χ4v) is 2.37. The summed E-state index contributed by atoms with van der Waals surface area (Å²) in [4.78, 5) is 12.1. The Hall–Kier alpha value is -2.53. The molecule has 0 saturated heterocycles. The van der Waals surface area contributed by atoms with Gasteiger partial charge in [0.15, 0.2) is 0 Å². The van der Waals surface area contributed by atoms with Crippen molar-refractivity contribution in [1.82, 2.24) is 5.32 Å². The van der Waals surface area contributed by atoms with E-state index in [-0.39, 0.29) is 12.1 Å². The Bertz CT molecular complexity index is 655. The van der Waals surface area contributed by atoms with Crippen LogP contribution in [0.3, 0.4) is 0 Å². The average molecular weight is 298 g/mol. The second kappa shape index (κ2) is 6.49. The number of rotatable bonds is 5. The van der Waals surface area contributed by atoms with Crippen molar-refractivity contribution < 1.29 is 14.3 Å². The highest BCUT2D eigenvalue weighted by molar-refractivity contribution is 6.01. The van der Waals surface area contributed by atoms with Crippen LogP contribution in [0, 0.1) is 0 Å². The van der Waals surface area contributed by atoms with Crippen LogP contribution in [0.1, 0.15) is 22.1 Å². The summed E-state index contributed by atoms with van der Waals surface area (Å²) >= 11 is 0. The number of hydrogen-bond donors (Lipinski definition) is 2. The van der Waals surface area contributed by atoms with E-state index in [0.717, 1.165) is 17.0 Å². The quantitative estimate of drug-likeness (QED) is 0.833. The number of carbonyl (C=O) groups is 1. The molecule has 0 aromatic heterocycles. The number of ether oxygens (including phenoxy) is 2. The highest BCUT2D eigenvalue weighted by Crippen LogP contribution is 2.27. The fraction of sp³-hybridized carbons (Fsp3) is 0.235. The molecule has 0 spiro atoms. The topological polar surface area (TPSA) is 59.6 Å². The number of para-hydroxylation sites is 1. The first-order chi connectivity index (χ1) is 10.8. The van der Waals surface area contributed by atoms with Crippen LogP contribution in [-0.2, 0) is 4.74 Å². The molecular formula is C17H18N2O3. The first-order valence-corrected chi connectivity index (χ1v) is 7.16. The molecule has 1 aliphatic heterocycles. The predicted molar refractivity (Wildman–Crippen MR) is 84.1 cm³/mol. The molecule has 2 N–H and O–H groups in total. The molecule has 0 bridgehead atoms. The average Bonchev–Trinajstić information content (AvgIpc) is 2.56. The third-order valence-electron chi connectivity index (χ3n) is 3.52. The van der Waals surface area contributed by atoms with Crippen molar-refractivity contribution in [3.8, 4) is 5.75 Å². The number of hydrogen-bond acceptors (Lipinski definition) is 4. The number of nitrogens with one attached hydrogen (secondary N) is 2. The van der Waals surface area contributed by atoms with Gasteiger partial charge in [-0.25, -0.2) is 0 Å². The minimum atomic E-state index is -0.240. The molecule has 22 heavy (non-hydrogen) atoms. The van der Waals surface area contributed by atoms with Gasteiger partial charge in [-0.1, -0.05) is 24.3 Å². The van der Waals surface area contributed by atoms with Gasteiger partial charge in [-0.2, -0.15) is 0 Å². The largest absolute Gasteiger partial charge is 0.491 e. The van der Waals surface area contributed by atoms with Gasteiger partial charge in [0.25, 0.3) is 5.91 Å². The Morgan fingerprint density at radius 3 is 2.55 bits per heavy atom. The predicted octanol–water partition coefficient (Wildman–Crippen LogP) is 2.57. The molecule has 1 unspecified atom stereocenters. The van der Waals surface area contributed by atoms with E-state index in [4.69, 9.17) is 9.47 Å². The SMILES string of the molecule is COCCOc1ccc(C2NC(=O)c3ccccc3N2)cc1. The molecular weight excluding hydrogens is 280 g/mol. The van der Waals surface area contributed by atoms with Crippen molar-refractivity contribution in [3.05, 3.63) is 59.7 Å². The van der Waals surface area contributed by atoms with E-state index < -0.39 is 0 Å². The van der Waals surface area contributed by atoms with Crippen molar-refractivity contribution in [2.75, 3.05) is 25.6 Å². The third kappa shape index (κ3) is 3.04. The van der Waals surface area contributed by atoms with Gasteiger partial charge in [-0.15, -0.1) is 0 Å². The molecule has 1 atom stereocenters. The molecule has 1 amide bonds. The van der Waals surface area contributed by atoms with Crippen LogP contribution in [-0.4, -0.2) is 26.2 Å². The lowest BCUT2D eigenvalue weighted by Crippen LogP contribution is -2.38. The van der Waals surface area contributed by atoms with E-state index in [1.54, 1.807) is 13.2 Å². The lowest BCUT2D eigenvalue weighted by molar-refractivity contribution is 0.0935. The van der Waals surface area contributed by atoms with Crippen molar-refractivity contribution in [1.29, 1.82) is 0 Å². The smallest absolute Gasteiger partial charge is 0.255 e. The van der Waals surface area contributed by atoms with E-state index in [0.29, 0.717) is 18.8 Å². The van der Waals surface area contributed by atoms with Crippen LogP contribution in [0.15, 0.2) is 48.5 Å². The van der Waals surface area contributed by atoms with Gasteiger partial charge in [0.1, 0.15) is 18.5 Å². The number of methoxy groups -OCH3 is 1. The normalized spacial score (nSPS) is 16.4. The van der Waals surface area contributed by atoms with Crippen LogP contribution >= 0.6 is 0 Å². The molecule has 5 nitrogen and oxygen atoms in total. The van der Waals surface area contributed by atoms with Gasteiger partial charge >= 0.3 is 0 Å². The minimum absolute atomic E-state index is 0.0697. The summed E-state index contributed by atoms with van der Waals surface area (Å²) in [5.74, 6) is 0.711. The molecule has 1 heterocycles. The molecule has 114 valence electrons. The minimum Gasteiger partial charge on any atom is -0.491 e. The molecule has 5 heteroatoms. The van der Waals surface area contributed by atoms with Crippen LogP contribution in [0.25, 0.3) is 0 Å². The Labute approximate surface area is 129 Å². The highest BCUT2D eigenvalue weighted by Gasteiger charge is 2.23. The number of carbonyl (C=O) groups excluding carboxylic acids is 1. The molecule has 2 aromatic carbocycles. The van der Waals surface area contributed by atoms with Crippen LogP contribution in [0.4, 0.5) is 5.69 Å². The van der Waals surface area contributed by atoms with Crippen molar-refractivity contribution in [2.45, 2.75) is 6.17 Å². The maximum atomic E-state index is 12.1. The molecule has 3 rings (SSSR count). The van der Waals surface area contributed by atoms with Gasteiger partial charge in [-0.05, 0) is 29.8 Å². The van der Waals surface area contributed by atoms with Crippen molar-refractivity contribution in [3.63, 3.8) is 0 Å². The third-order valence-corrected chi connectivity index (χ3v) is 3.52. The zero-order valence-electron chi connectivity index (χ0n) is 12.3. The summed E-state index contributed by atoms with van der Waals surface area (Å²) < 4.78 is 10.5. The Morgan fingerprint density at radius 1 is 1.00 bits per heavy atom. The van der Waals surface area contributed by atoms with Crippen LogP contribution in [0.5, 0.6) is 5.75 Å². The number of anilines is 1. The summed E-state index contributed by atoms with van der Waals surface area (Å²) in [6.07, 6.45) is -0.240. The number of amides is 1. The number of benzene rings is 2. The molecule has 0 radical (unpaired) electrons. The van der Waals surface area contributed by atoms with Gasteiger partial charge in [0.05, 0.1) is 12.2 Å². The maximum Gasteiger partial charge on any atom is 0.255 e. The van der Waals surface area contributed by atoms with Gasteiger partial charge in [0, 0.05) is 12.8 Å². The van der Waals surface area contributed by atoms with Crippen LogP contribution in [0.2, 0.25) is 0 Å². The molecule has 0 saturated carbocycles. The lowest BCUT2D eigenvalue weighted by Gasteiger charge is -2.28. The summed E-state index contributed by atoms with van der Waals surface area (Å²) in [6.45, 7) is 1.07. The second-order valence-corrected chi connectivity index (χ2v) is 5.01. The summed E-state index contributed by atoms with van der Waals surface area (Å²) in [5.41, 5.74) is 2.48. The molecule has 2 aromatic rings. The van der Waals surface area contributed by atoms with Crippen molar-refractivity contribution in [2.24, 2.45) is 0 Å². The Kier molecular flexibility index (Phi) is 4.25. The van der Waals surface area contributed by atoms with Crippen LogP contribution < -0.4 is 15.4 Å². The van der Waals surface area contributed by atoms with Gasteiger partial charge in [-0.3, -0.25) is 4.79 Å². The van der Waals surface area contributed by atoms with E-state index in [9.17, 15) is 4.79 Å². The first kappa shape index (κ1) is 14.4. The molecule has 0 fully saturated rings. The molecule has 1 aliphatic rings. The first-order valence-electron chi connectivity index (χ1n) is 7.16. The van der Waals surface area contributed by atoms with Gasteiger partial charge < -0.3 is 20.1 Å². The lowest BCUT2D eigenvalue weighted by atomic mass is 10.1. The highest BCUT2D eigenvalue weighted by atomic mass is 16.5. The molecule has 0 aliphatic carbocycles. The zero-order valence-corrected chi connectivity index (χ0v) is 12.3. The second-order valence-electron chi connectivity index (χ2n) is 5.01. The summed E-state index contributed by atoms with van der Waals surface area (Å²) in [7, 11) is 1.64. The van der Waals surface area contributed by atoms with E-state index in [1.165, 1.54) is 0 Å². The maximum absolute atomic E-state index is 12.1. The summed E-state index contributed by atoms with van der Waals surface area (Å²) in [5, 5.41) is 6.27. The fourth-order valence-electron chi connectivity index (χ4n) is 2.37.